The van der Waals surface area contributed by atoms with Crippen LogP contribution < -0.4 is 19.5 Å². The molecule has 1 amide bonds. The molecule has 0 radical (unpaired) electrons. The zero-order valence-electron chi connectivity index (χ0n) is 38.9. The topological polar surface area (TPSA) is 177 Å². The Kier molecular flexibility index (Phi) is 27.5. The fraction of sp³-hybridized carbons (Fsp3) is 0.480. The Morgan fingerprint density at radius 1 is 0.493 bits per heavy atom. The molecule has 0 fully saturated rings. The van der Waals surface area contributed by atoms with Crippen molar-refractivity contribution in [2.24, 2.45) is 0 Å². The molecule has 4 aromatic rings. The Bertz CT molecular complexity index is 1770. The number of methoxy groups -OCH3 is 3. The summed E-state index contributed by atoms with van der Waals surface area (Å²) in [5.74, 6) is -1.29. The molecule has 0 unspecified atom stereocenters. The third kappa shape index (κ3) is 19.8. The summed E-state index contributed by atoms with van der Waals surface area (Å²) in [7, 11) is 4.82. The van der Waals surface area contributed by atoms with Crippen molar-refractivity contribution in [2.45, 2.75) is 10.8 Å². The second-order valence-corrected chi connectivity index (χ2v) is 15.7. The molecule has 0 heterocycles. The summed E-state index contributed by atoms with van der Waals surface area (Å²) in [4.78, 5) is 27.4. The summed E-state index contributed by atoms with van der Waals surface area (Å²) in [5, 5.41) is 13.4. The average Bonchev–Trinajstić information content (AvgIpc) is 3.35. The summed E-state index contributed by atoms with van der Waals surface area (Å²) in [6.45, 7) is 5.75. The number of nitrogens with one attached hydrogen (secondary N) is 1. The van der Waals surface area contributed by atoms with Crippen LogP contribution in [0.4, 0.5) is 0 Å². The summed E-state index contributed by atoms with van der Waals surface area (Å²) in [5.41, 5.74) is 2.95. The Morgan fingerprint density at radius 3 is 1.16 bits per heavy atom. The van der Waals surface area contributed by atoms with E-state index in [4.69, 9.17) is 56.8 Å². The van der Waals surface area contributed by atoms with E-state index in [2.05, 4.69) is 5.32 Å². The lowest BCUT2D eigenvalue weighted by molar-refractivity contribution is -0.138. The van der Waals surface area contributed by atoms with Crippen molar-refractivity contribution in [2.75, 3.05) is 146 Å². The van der Waals surface area contributed by atoms with Crippen LogP contribution in [0.2, 0.25) is 0 Å². The molecule has 17 heteroatoms. The maximum absolute atomic E-state index is 14.3. The van der Waals surface area contributed by atoms with E-state index in [9.17, 15) is 14.7 Å². The Balaban J connectivity index is 1.59. The number of rotatable bonds is 39. The highest BCUT2D eigenvalue weighted by Crippen LogP contribution is 2.48. The number of thioether (sulfide) groups is 1. The van der Waals surface area contributed by atoms with Gasteiger partial charge in [0.15, 0.2) is 11.5 Å². The SMILES string of the molecule is COCCOCCOCCOc1cc(C(=O)N[C@@H](CSC(c2ccccc2)(c2ccccc2)c2ccccc2)C(=O)O)cc(OCCOCCOCCOC)c1OCCOCCOCCOC. The zero-order chi connectivity index (χ0) is 47.6. The number of hydrogen-bond donors (Lipinski definition) is 2. The van der Waals surface area contributed by atoms with Gasteiger partial charge in [-0.2, -0.15) is 0 Å². The molecule has 0 aliphatic heterocycles. The predicted octanol–water partition coefficient (Wildman–Crippen LogP) is 5.77. The van der Waals surface area contributed by atoms with Crippen molar-refractivity contribution in [1.82, 2.24) is 5.32 Å². The van der Waals surface area contributed by atoms with Gasteiger partial charge in [0.2, 0.25) is 5.75 Å². The molecule has 0 saturated heterocycles. The second kappa shape index (κ2) is 33.6. The molecule has 0 aromatic heterocycles. The lowest BCUT2D eigenvalue weighted by Crippen LogP contribution is -2.43. The summed E-state index contributed by atoms with van der Waals surface area (Å²) < 4.78 is 66.5. The molecule has 1 atom stereocenters. The fourth-order valence-corrected chi connectivity index (χ4v) is 8.02. The first-order chi connectivity index (χ1) is 32.9. The number of carboxylic acid groups (broad SMARTS) is 1. The van der Waals surface area contributed by atoms with E-state index in [1.165, 1.54) is 23.9 Å². The number of benzene rings is 4. The molecule has 4 rings (SSSR count). The van der Waals surface area contributed by atoms with Crippen molar-refractivity contribution < 1.29 is 71.5 Å². The second-order valence-electron chi connectivity index (χ2n) is 14.5. The molecule has 0 bridgehead atoms. The molecule has 67 heavy (non-hydrogen) atoms. The Labute approximate surface area is 398 Å². The van der Waals surface area contributed by atoms with Crippen LogP contribution in [0.25, 0.3) is 0 Å². The monoisotopic (exact) mass is 953 g/mol. The van der Waals surface area contributed by atoms with Gasteiger partial charge < -0.3 is 67.3 Å². The van der Waals surface area contributed by atoms with E-state index in [0.717, 1.165) is 16.7 Å². The van der Waals surface area contributed by atoms with Crippen molar-refractivity contribution in [3.8, 4) is 17.2 Å². The van der Waals surface area contributed by atoms with E-state index < -0.39 is 22.7 Å². The molecule has 16 nitrogen and oxygen atoms in total. The molecule has 0 spiro atoms. The van der Waals surface area contributed by atoms with E-state index >= 15 is 0 Å². The standard InChI is InChI=1S/C50H67NO15S/c1-55-19-22-58-25-28-61-31-34-64-45-37-40(38-46(65-35-32-62-29-26-59-23-20-56-2)47(45)66-36-33-63-30-27-60-24-21-57-3)48(52)51-44(49(53)54)39-67-50(41-13-7-4-8-14-41,42-15-9-5-10-16-42)43-17-11-6-12-18-43/h4-18,37-38,44H,19-36,39H2,1-3H3,(H,51,52)(H,53,54)/t44-/m0/s1. The normalized spacial score (nSPS) is 11.9. The summed E-state index contributed by atoms with van der Waals surface area (Å²) >= 11 is 1.43. The van der Waals surface area contributed by atoms with Crippen LogP contribution in [0.1, 0.15) is 27.0 Å². The highest BCUT2D eigenvalue weighted by atomic mass is 32.2. The van der Waals surface area contributed by atoms with E-state index in [-0.39, 0.29) is 68.2 Å². The first-order valence-corrected chi connectivity index (χ1v) is 23.3. The molecule has 0 aliphatic rings. The van der Waals surface area contributed by atoms with Crippen molar-refractivity contribution in [1.29, 1.82) is 0 Å². The molecule has 0 aliphatic carbocycles. The number of carbonyl (C=O) groups excluding carboxylic acids is 1. The maximum atomic E-state index is 14.3. The molecule has 4 aromatic carbocycles. The van der Waals surface area contributed by atoms with Gasteiger partial charge in [-0.15, -0.1) is 11.8 Å². The average molecular weight is 954 g/mol. The Morgan fingerprint density at radius 2 is 0.821 bits per heavy atom. The Hall–Kier alpha value is -4.79. The minimum Gasteiger partial charge on any atom is -0.487 e. The fourth-order valence-electron chi connectivity index (χ4n) is 6.47. The number of amides is 1. The van der Waals surface area contributed by atoms with Crippen LogP contribution in [0.3, 0.4) is 0 Å². The van der Waals surface area contributed by atoms with Crippen LogP contribution in [-0.2, 0) is 52.2 Å². The van der Waals surface area contributed by atoms with Crippen LogP contribution >= 0.6 is 11.8 Å². The highest BCUT2D eigenvalue weighted by Gasteiger charge is 2.38. The number of carbonyl (C=O) groups is 2. The van der Waals surface area contributed by atoms with Crippen LogP contribution in [0.5, 0.6) is 17.2 Å². The minimum atomic E-state index is -1.31. The summed E-state index contributed by atoms with van der Waals surface area (Å²) in [6.07, 6.45) is 0. The molecule has 2 N–H and O–H groups in total. The predicted molar refractivity (Wildman–Crippen MR) is 254 cm³/mol. The van der Waals surface area contributed by atoms with Crippen molar-refractivity contribution in [3.63, 3.8) is 0 Å². The quantitative estimate of drug-likeness (QED) is 0.0407. The molecular weight excluding hydrogens is 887 g/mol. The number of carboxylic acids is 1. The third-order valence-corrected chi connectivity index (χ3v) is 11.4. The van der Waals surface area contributed by atoms with Gasteiger partial charge in [-0.3, -0.25) is 4.79 Å². The lowest BCUT2D eigenvalue weighted by Gasteiger charge is -2.36. The maximum Gasteiger partial charge on any atom is 0.327 e. The summed E-state index contributed by atoms with van der Waals surface area (Å²) in [6, 6.07) is 31.5. The van der Waals surface area contributed by atoms with Crippen LogP contribution in [-0.4, -0.2) is 169 Å². The highest BCUT2D eigenvalue weighted by molar-refractivity contribution is 8.00. The van der Waals surface area contributed by atoms with Crippen molar-refractivity contribution >= 4 is 23.6 Å². The number of aliphatic carboxylic acids is 1. The van der Waals surface area contributed by atoms with E-state index in [1.54, 1.807) is 21.3 Å². The van der Waals surface area contributed by atoms with Gasteiger partial charge in [0.05, 0.1) is 104 Å². The molecular formula is C50H67NO15S. The van der Waals surface area contributed by atoms with Gasteiger partial charge in [0.25, 0.3) is 5.91 Å². The minimum absolute atomic E-state index is 0.00410. The van der Waals surface area contributed by atoms with E-state index in [1.807, 2.05) is 91.0 Å². The number of ether oxygens (including phenoxy) is 12. The van der Waals surface area contributed by atoms with Gasteiger partial charge in [0.1, 0.15) is 25.9 Å². The number of hydrogen-bond acceptors (Lipinski definition) is 15. The largest absolute Gasteiger partial charge is 0.487 e. The van der Waals surface area contributed by atoms with Crippen LogP contribution in [0.15, 0.2) is 103 Å². The lowest BCUT2D eigenvalue weighted by atomic mass is 9.84. The zero-order valence-corrected chi connectivity index (χ0v) is 39.7. The van der Waals surface area contributed by atoms with Gasteiger partial charge in [-0.05, 0) is 28.8 Å². The van der Waals surface area contributed by atoms with E-state index in [0.29, 0.717) is 79.3 Å². The smallest absolute Gasteiger partial charge is 0.327 e. The molecule has 368 valence electrons. The van der Waals surface area contributed by atoms with Gasteiger partial charge in [-0.25, -0.2) is 4.79 Å². The van der Waals surface area contributed by atoms with Gasteiger partial charge in [-0.1, -0.05) is 91.0 Å². The molecule has 0 saturated carbocycles. The van der Waals surface area contributed by atoms with Gasteiger partial charge >= 0.3 is 5.97 Å². The first-order valence-electron chi connectivity index (χ1n) is 22.3. The van der Waals surface area contributed by atoms with Crippen molar-refractivity contribution in [3.05, 3.63) is 125 Å². The van der Waals surface area contributed by atoms with Gasteiger partial charge in [0, 0.05) is 32.6 Å². The third-order valence-electron chi connectivity index (χ3n) is 9.75. The van der Waals surface area contributed by atoms with Crippen LogP contribution in [0, 0.1) is 0 Å². The first kappa shape index (κ1) is 54.8.